The summed E-state index contributed by atoms with van der Waals surface area (Å²) in [7, 11) is 0. The van der Waals surface area contributed by atoms with Crippen LogP contribution >= 0.6 is 0 Å². The number of benzene rings is 1. The van der Waals surface area contributed by atoms with Gasteiger partial charge in [-0.05, 0) is 18.1 Å². The van der Waals surface area contributed by atoms with Crippen molar-refractivity contribution in [1.82, 2.24) is 10.5 Å². The van der Waals surface area contributed by atoms with Gasteiger partial charge in [0.25, 0.3) is 5.91 Å². The molecule has 1 aromatic carbocycles. The molecule has 0 unspecified atom stereocenters. The number of aryl methyl sites for hydroxylation is 1. The van der Waals surface area contributed by atoms with Gasteiger partial charge in [-0.1, -0.05) is 29.4 Å². The van der Waals surface area contributed by atoms with Crippen molar-refractivity contribution in [3.05, 3.63) is 52.9 Å². The Morgan fingerprint density at radius 2 is 2.00 bits per heavy atom. The molecule has 0 spiro atoms. The second-order valence-electron chi connectivity index (χ2n) is 4.36. The topological polar surface area (TPSA) is 92.4 Å². The molecule has 0 saturated carbocycles. The number of carboxylic acid groups (broad SMARTS) is 1. The Labute approximate surface area is 115 Å². The largest absolute Gasteiger partial charge is 0.481 e. The zero-order valence-electron chi connectivity index (χ0n) is 10.9. The molecule has 6 heteroatoms. The Morgan fingerprint density at radius 3 is 2.60 bits per heavy atom. The Bertz CT molecular complexity index is 634. The van der Waals surface area contributed by atoms with Gasteiger partial charge in [0, 0.05) is 12.1 Å². The van der Waals surface area contributed by atoms with Crippen LogP contribution in [0.2, 0.25) is 0 Å². The maximum atomic E-state index is 11.9. The van der Waals surface area contributed by atoms with Gasteiger partial charge in [-0.25, -0.2) is 0 Å². The summed E-state index contributed by atoms with van der Waals surface area (Å²) in [6, 6.07) is 7.08. The van der Waals surface area contributed by atoms with E-state index in [0.29, 0.717) is 11.1 Å². The molecule has 1 aromatic heterocycles. The molecule has 1 amide bonds. The third-order valence-corrected chi connectivity index (χ3v) is 2.85. The minimum atomic E-state index is -0.908. The number of hydrogen-bond donors (Lipinski definition) is 2. The Hall–Kier alpha value is -2.63. The third-order valence-electron chi connectivity index (χ3n) is 2.85. The van der Waals surface area contributed by atoms with Crippen LogP contribution in [0.15, 0.2) is 35.0 Å². The predicted octanol–water partition coefficient (Wildman–Crippen LogP) is 1.54. The van der Waals surface area contributed by atoms with Gasteiger partial charge >= 0.3 is 5.97 Å². The summed E-state index contributed by atoms with van der Waals surface area (Å²) >= 11 is 0. The normalized spacial score (nSPS) is 10.2. The average Bonchev–Trinajstić information content (AvgIpc) is 2.83. The maximum absolute atomic E-state index is 11.9. The summed E-state index contributed by atoms with van der Waals surface area (Å²) in [6.07, 6.45) is 1.39. The van der Waals surface area contributed by atoms with Gasteiger partial charge in [0.1, 0.15) is 0 Å². The summed E-state index contributed by atoms with van der Waals surface area (Å²) in [4.78, 5) is 22.7. The molecule has 0 saturated heterocycles. The molecular formula is C14H14N2O4. The smallest absolute Gasteiger partial charge is 0.307 e. The van der Waals surface area contributed by atoms with E-state index in [2.05, 4.69) is 10.5 Å². The number of nitrogens with one attached hydrogen (secondary N) is 1. The van der Waals surface area contributed by atoms with Gasteiger partial charge in [0.2, 0.25) is 5.76 Å². The lowest BCUT2D eigenvalue weighted by atomic mass is 10.0. The van der Waals surface area contributed by atoms with E-state index < -0.39 is 5.97 Å². The second kappa shape index (κ2) is 6.01. The Kier molecular flexibility index (Phi) is 4.14. The molecule has 6 nitrogen and oxygen atoms in total. The van der Waals surface area contributed by atoms with Crippen LogP contribution in [0.3, 0.4) is 0 Å². The summed E-state index contributed by atoms with van der Waals surface area (Å²) in [5.74, 6) is -1.11. The van der Waals surface area contributed by atoms with E-state index in [1.807, 2.05) is 0 Å². The highest BCUT2D eigenvalue weighted by atomic mass is 16.5. The van der Waals surface area contributed by atoms with E-state index in [1.165, 1.54) is 6.20 Å². The lowest BCUT2D eigenvalue weighted by Gasteiger charge is -2.08. The van der Waals surface area contributed by atoms with Gasteiger partial charge in [-0.2, -0.15) is 0 Å². The molecule has 0 aliphatic rings. The standard InChI is InChI=1S/C14H14N2O4/c1-9-7-16-20-13(9)14(19)15-8-11-5-3-2-4-10(11)6-12(17)18/h2-5,7H,6,8H2,1H3,(H,15,19)(H,17,18). The van der Waals surface area contributed by atoms with Crippen LogP contribution in [0.4, 0.5) is 0 Å². The van der Waals surface area contributed by atoms with Gasteiger partial charge < -0.3 is 14.9 Å². The quantitative estimate of drug-likeness (QED) is 0.862. The SMILES string of the molecule is Cc1cnoc1C(=O)NCc1ccccc1CC(=O)O. The van der Waals surface area contributed by atoms with Crippen molar-refractivity contribution >= 4 is 11.9 Å². The van der Waals surface area contributed by atoms with Crippen molar-refractivity contribution < 1.29 is 19.2 Å². The van der Waals surface area contributed by atoms with Crippen molar-refractivity contribution in [2.45, 2.75) is 19.9 Å². The first-order valence-electron chi connectivity index (χ1n) is 6.06. The number of aliphatic carboxylic acids is 1. The van der Waals surface area contributed by atoms with Crippen LogP contribution in [0.1, 0.15) is 27.2 Å². The number of nitrogens with zero attached hydrogens (tertiary/aromatic N) is 1. The van der Waals surface area contributed by atoms with Crippen LogP contribution in [0, 0.1) is 6.92 Å². The summed E-state index contributed by atoms with van der Waals surface area (Å²) in [5.41, 5.74) is 2.09. The van der Waals surface area contributed by atoms with Crippen molar-refractivity contribution in [3.8, 4) is 0 Å². The molecular weight excluding hydrogens is 260 g/mol. The molecule has 1 heterocycles. The summed E-state index contributed by atoms with van der Waals surface area (Å²) < 4.78 is 4.85. The van der Waals surface area contributed by atoms with Crippen molar-refractivity contribution in [3.63, 3.8) is 0 Å². The number of rotatable bonds is 5. The highest BCUT2D eigenvalue weighted by Crippen LogP contribution is 2.11. The highest BCUT2D eigenvalue weighted by molar-refractivity contribution is 5.92. The van der Waals surface area contributed by atoms with Gasteiger partial charge in [0.05, 0.1) is 12.6 Å². The van der Waals surface area contributed by atoms with Crippen LogP contribution in [0.5, 0.6) is 0 Å². The summed E-state index contributed by atoms with van der Waals surface area (Å²) in [6.45, 7) is 1.96. The number of hydrogen-bond acceptors (Lipinski definition) is 4. The van der Waals surface area contributed by atoms with Crippen LogP contribution in [0.25, 0.3) is 0 Å². The predicted molar refractivity (Wildman–Crippen MR) is 70.2 cm³/mol. The molecule has 2 rings (SSSR count). The van der Waals surface area contributed by atoms with Crippen molar-refractivity contribution in [2.75, 3.05) is 0 Å². The lowest BCUT2D eigenvalue weighted by Crippen LogP contribution is -2.23. The van der Waals surface area contributed by atoms with Crippen LogP contribution < -0.4 is 5.32 Å². The number of amides is 1. The zero-order chi connectivity index (χ0) is 14.5. The second-order valence-corrected chi connectivity index (χ2v) is 4.36. The molecule has 104 valence electrons. The Balaban J connectivity index is 2.06. The highest BCUT2D eigenvalue weighted by Gasteiger charge is 2.14. The fraction of sp³-hybridized carbons (Fsp3) is 0.214. The molecule has 0 bridgehead atoms. The zero-order valence-corrected chi connectivity index (χ0v) is 10.9. The minimum absolute atomic E-state index is 0.0760. The number of carbonyl (C=O) groups excluding carboxylic acids is 1. The fourth-order valence-corrected chi connectivity index (χ4v) is 1.83. The number of aromatic nitrogens is 1. The molecule has 0 aliphatic heterocycles. The minimum Gasteiger partial charge on any atom is -0.481 e. The van der Waals surface area contributed by atoms with E-state index >= 15 is 0 Å². The van der Waals surface area contributed by atoms with Gasteiger partial charge in [-0.15, -0.1) is 0 Å². The molecule has 2 aromatic rings. The first-order chi connectivity index (χ1) is 9.58. The first-order valence-corrected chi connectivity index (χ1v) is 6.06. The van der Waals surface area contributed by atoms with E-state index in [1.54, 1.807) is 31.2 Å². The number of carboxylic acids is 1. The average molecular weight is 274 g/mol. The lowest BCUT2D eigenvalue weighted by molar-refractivity contribution is -0.136. The fourth-order valence-electron chi connectivity index (χ4n) is 1.83. The third kappa shape index (κ3) is 3.23. The van der Waals surface area contributed by atoms with E-state index in [4.69, 9.17) is 9.63 Å². The molecule has 2 N–H and O–H groups in total. The van der Waals surface area contributed by atoms with E-state index in [9.17, 15) is 9.59 Å². The monoisotopic (exact) mass is 274 g/mol. The van der Waals surface area contributed by atoms with Crippen molar-refractivity contribution in [1.29, 1.82) is 0 Å². The first kappa shape index (κ1) is 13.8. The molecule has 0 fully saturated rings. The van der Waals surface area contributed by atoms with Crippen LogP contribution in [-0.4, -0.2) is 22.1 Å². The van der Waals surface area contributed by atoms with E-state index in [-0.39, 0.29) is 24.6 Å². The Morgan fingerprint density at radius 1 is 1.30 bits per heavy atom. The molecule has 0 radical (unpaired) electrons. The summed E-state index contributed by atoms with van der Waals surface area (Å²) in [5, 5.41) is 15.1. The molecule has 0 aliphatic carbocycles. The maximum Gasteiger partial charge on any atom is 0.307 e. The van der Waals surface area contributed by atoms with Crippen LogP contribution in [-0.2, 0) is 17.8 Å². The van der Waals surface area contributed by atoms with Gasteiger partial charge in [-0.3, -0.25) is 9.59 Å². The number of carbonyl (C=O) groups is 2. The van der Waals surface area contributed by atoms with Gasteiger partial charge in [0.15, 0.2) is 0 Å². The van der Waals surface area contributed by atoms with E-state index in [0.717, 1.165) is 5.56 Å². The molecule has 0 atom stereocenters. The molecule has 20 heavy (non-hydrogen) atoms. The van der Waals surface area contributed by atoms with Crippen molar-refractivity contribution in [2.24, 2.45) is 0 Å².